The molecule has 0 radical (unpaired) electrons. The number of hydrogen-bond acceptors (Lipinski definition) is 3. The van der Waals surface area contributed by atoms with Crippen LogP contribution in [0.3, 0.4) is 0 Å². The van der Waals surface area contributed by atoms with Gasteiger partial charge in [0, 0.05) is 23.4 Å². The number of carbonyl (C=O) groups is 1. The van der Waals surface area contributed by atoms with Crippen LogP contribution in [-0.2, 0) is 0 Å². The molecule has 0 atom stereocenters. The van der Waals surface area contributed by atoms with Crippen LogP contribution < -0.4 is 10.6 Å². The summed E-state index contributed by atoms with van der Waals surface area (Å²) in [6, 6.07) is 5.88. The molecule has 0 saturated carbocycles. The maximum atomic E-state index is 13.4. The summed E-state index contributed by atoms with van der Waals surface area (Å²) in [6.45, 7) is 1.56. The summed E-state index contributed by atoms with van der Waals surface area (Å²) in [4.78, 5) is 22.0. The molecule has 22 heavy (non-hydrogen) atoms. The first-order valence-electron chi connectivity index (χ1n) is 6.15. The summed E-state index contributed by atoms with van der Waals surface area (Å²) in [5.74, 6) is -1.51. The van der Waals surface area contributed by atoms with Crippen LogP contribution in [0.1, 0.15) is 5.56 Å². The molecule has 0 saturated heterocycles. The number of nitro groups is 1. The zero-order chi connectivity index (χ0) is 16.3. The third-order valence-electron chi connectivity index (χ3n) is 2.84. The normalized spacial score (nSPS) is 10.1. The Morgan fingerprint density at radius 1 is 1.14 bits per heavy atom. The van der Waals surface area contributed by atoms with E-state index in [0.29, 0.717) is 5.56 Å². The fourth-order valence-corrected chi connectivity index (χ4v) is 1.76. The molecule has 2 amide bonds. The molecular formula is C14H11F2N3O3. The van der Waals surface area contributed by atoms with Crippen molar-refractivity contribution < 1.29 is 18.5 Å². The van der Waals surface area contributed by atoms with E-state index >= 15 is 0 Å². The first-order chi connectivity index (χ1) is 10.4. The van der Waals surface area contributed by atoms with E-state index < -0.39 is 22.6 Å². The summed E-state index contributed by atoms with van der Waals surface area (Å²) in [6.07, 6.45) is 0. The predicted octanol–water partition coefficient (Wildman–Crippen LogP) is 3.83. The topological polar surface area (TPSA) is 84.3 Å². The van der Waals surface area contributed by atoms with E-state index in [2.05, 4.69) is 10.6 Å². The second-order valence-corrected chi connectivity index (χ2v) is 4.46. The van der Waals surface area contributed by atoms with Crippen LogP contribution in [0.25, 0.3) is 0 Å². The summed E-state index contributed by atoms with van der Waals surface area (Å²) in [7, 11) is 0. The van der Waals surface area contributed by atoms with Gasteiger partial charge in [-0.3, -0.25) is 10.1 Å². The average Bonchev–Trinajstić information content (AvgIpc) is 2.44. The Morgan fingerprint density at radius 3 is 2.55 bits per heavy atom. The first kappa shape index (κ1) is 15.4. The lowest BCUT2D eigenvalue weighted by Gasteiger charge is -2.09. The number of halogens is 2. The molecule has 0 aromatic heterocycles. The van der Waals surface area contributed by atoms with Gasteiger partial charge in [-0.15, -0.1) is 0 Å². The minimum Gasteiger partial charge on any atom is -0.307 e. The van der Waals surface area contributed by atoms with E-state index in [1.165, 1.54) is 18.2 Å². The maximum Gasteiger partial charge on any atom is 0.323 e. The lowest BCUT2D eigenvalue weighted by molar-refractivity contribution is -0.385. The lowest BCUT2D eigenvalue weighted by Crippen LogP contribution is -2.20. The molecule has 2 aromatic carbocycles. The Kier molecular flexibility index (Phi) is 4.31. The van der Waals surface area contributed by atoms with Crippen molar-refractivity contribution >= 4 is 23.1 Å². The molecule has 0 aliphatic rings. The van der Waals surface area contributed by atoms with Crippen LogP contribution in [0.2, 0.25) is 0 Å². The number of amides is 2. The van der Waals surface area contributed by atoms with Gasteiger partial charge in [-0.2, -0.15) is 0 Å². The van der Waals surface area contributed by atoms with Crippen molar-refractivity contribution in [3.05, 3.63) is 63.7 Å². The highest BCUT2D eigenvalue weighted by molar-refractivity contribution is 6.00. The van der Waals surface area contributed by atoms with Crippen LogP contribution in [0.4, 0.5) is 30.6 Å². The molecule has 114 valence electrons. The Hall–Kier alpha value is -3.03. The molecule has 0 aliphatic heterocycles. The van der Waals surface area contributed by atoms with Gasteiger partial charge in [0.2, 0.25) is 0 Å². The fourth-order valence-electron chi connectivity index (χ4n) is 1.76. The number of nitrogens with one attached hydrogen (secondary N) is 2. The van der Waals surface area contributed by atoms with E-state index in [-0.39, 0.29) is 17.1 Å². The number of nitrogens with zero attached hydrogens (tertiary/aromatic N) is 1. The summed E-state index contributed by atoms with van der Waals surface area (Å²) >= 11 is 0. The third kappa shape index (κ3) is 3.54. The van der Waals surface area contributed by atoms with Crippen molar-refractivity contribution in [1.29, 1.82) is 0 Å². The number of carbonyl (C=O) groups excluding carboxylic acids is 1. The molecule has 2 aromatic rings. The van der Waals surface area contributed by atoms with Crippen LogP contribution in [0.5, 0.6) is 0 Å². The smallest absolute Gasteiger partial charge is 0.307 e. The van der Waals surface area contributed by atoms with Gasteiger partial charge in [-0.05, 0) is 25.1 Å². The molecule has 2 rings (SSSR count). The highest BCUT2D eigenvalue weighted by Crippen LogP contribution is 2.22. The monoisotopic (exact) mass is 307 g/mol. The van der Waals surface area contributed by atoms with Crippen molar-refractivity contribution in [2.45, 2.75) is 6.92 Å². The number of benzene rings is 2. The number of nitro benzene ring substituents is 1. The summed E-state index contributed by atoms with van der Waals surface area (Å²) in [5.41, 5.74) is 0.104. The molecule has 8 heteroatoms. The zero-order valence-corrected chi connectivity index (χ0v) is 11.4. The van der Waals surface area contributed by atoms with Crippen LogP contribution in [0, 0.1) is 28.7 Å². The van der Waals surface area contributed by atoms with Gasteiger partial charge in [-0.25, -0.2) is 13.6 Å². The summed E-state index contributed by atoms with van der Waals surface area (Å²) < 4.78 is 26.4. The number of rotatable bonds is 3. The molecule has 0 fully saturated rings. The SMILES string of the molecule is Cc1ccc(NC(=O)Nc2cc(F)ccc2F)cc1[N+](=O)[O-]. The van der Waals surface area contributed by atoms with Crippen LogP contribution >= 0.6 is 0 Å². The molecule has 0 unspecified atom stereocenters. The lowest BCUT2D eigenvalue weighted by atomic mass is 10.2. The molecular weight excluding hydrogens is 296 g/mol. The number of urea groups is 1. The van der Waals surface area contributed by atoms with Gasteiger partial charge in [0.15, 0.2) is 0 Å². The van der Waals surface area contributed by atoms with Crippen molar-refractivity contribution in [3.8, 4) is 0 Å². The van der Waals surface area contributed by atoms with Gasteiger partial charge in [0.25, 0.3) is 5.69 Å². The summed E-state index contributed by atoms with van der Waals surface area (Å²) in [5, 5.41) is 15.3. The van der Waals surface area contributed by atoms with Crippen molar-refractivity contribution in [3.63, 3.8) is 0 Å². The molecule has 0 bridgehead atoms. The minimum absolute atomic E-state index is 0.158. The molecule has 0 aliphatic carbocycles. The van der Waals surface area contributed by atoms with E-state index in [1.807, 2.05) is 0 Å². The van der Waals surface area contributed by atoms with Crippen molar-refractivity contribution in [2.75, 3.05) is 10.6 Å². The van der Waals surface area contributed by atoms with E-state index in [1.54, 1.807) is 6.92 Å². The van der Waals surface area contributed by atoms with Crippen molar-refractivity contribution in [2.24, 2.45) is 0 Å². The predicted molar refractivity (Wildman–Crippen MR) is 76.8 cm³/mol. The number of hydrogen-bond donors (Lipinski definition) is 2. The second-order valence-electron chi connectivity index (χ2n) is 4.46. The Morgan fingerprint density at radius 2 is 1.86 bits per heavy atom. The van der Waals surface area contributed by atoms with Crippen molar-refractivity contribution in [1.82, 2.24) is 0 Å². The average molecular weight is 307 g/mol. The fraction of sp³-hybridized carbons (Fsp3) is 0.0714. The highest BCUT2D eigenvalue weighted by Gasteiger charge is 2.13. The Labute approximate surface area is 123 Å². The minimum atomic E-state index is -0.845. The second kappa shape index (κ2) is 6.17. The number of anilines is 2. The largest absolute Gasteiger partial charge is 0.323 e. The van der Waals surface area contributed by atoms with Crippen LogP contribution in [-0.4, -0.2) is 11.0 Å². The zero-order valence-electron chi connectivity index (χ0n) is 11.4. The molecule has 0 spiro atoms. The van der Waals surface area contributed by atoms with Gasteiger partial charge in [0.1, 0.15) is 11.6 Å². The maximum absolute atomic E-state index is 13.4. The van der Waals surface area contributed by atoms with E-state index in [0.717, 1.165) is 18.2 Å². The van der Waals surface area contributed by atoms with Gasteiger partial charge < -0.3 is 10.6 Å². The third-order valence-corrected chi connectivity index (χ3v) is 2.84. The Balaban J connectivity index is 2.14. The molecule has 6 nitrogen and oxygen atoms in total. The first-order valence-corrected chi connectivity index (χ1v) is 6.15. The molecule has 2 N–H and O–H groups in total. The quantitative estimate of drug-likeness (QED) is 0.667. The number of aryl methyl sites for hydroxylation is 1. The van der Waals surface area contributed by atoms with Crippen LogP contribution in [0.15, 0.2) is 36.4 Å². The molecule has 0 heterocycles. The Bertz CT molecular complexity index is 750. The van der Waals surface area contributed by atoms with E-state index in [9.17, 15) is 23.7 Å². The van der Waals surface area contributed by atoms with E-state index in [4.69, 9.17) is 0 Å². The van der Waals surface area contributed by atoms with Gasteiger partial charge in [-0.1, -0.05) is 6.07 Å². The van der Waals surface area contributed by atoms with Gasteiger partial charge >= 0.3 is 6.03 Å². The highest BCUT2D eigenvalue weighted by atomic mass is 19.1. The standard InChI is InChI=1S/C14H11F2N3O3/c1-8-2-4-10(7-13(8)19(21)22)17-14(20)18-12-6-9(15)3-5-11(12)16/h2-7H,1H3,(H2,17,18,20). The van der Waals surface area contributed by atoms with Gasteiger partial charge in [0.05, 0.1) is 10.6 Å².